The van der Waals surface area contributed by atoms with Gasteiger partial charge in [0.05, 0.1) is 12.2 Å². The predicted molar refractivity (Wildman–Crippen MR) is 77.6 cm³/mol. The lowest BCUT2D eigenvalue weighted by atomic mass is 9.90. The molecule has 0 spiro atoms. The van der Waals surface area contributed by atoms with Crippen molar-refractivity contribution in [3.63, 3.8) is 0 Å². The van der Waals surface area contributed by atoms with E-state index < -0.39 is 0 Å². The van der Waals surface area contributed by atoms with Gasteiger partial charge in [-0.1, -0.05) is 6.07 Å². The Balaban J connectivity index is 1.74. The molecule has 4 heteroatoms. The fourth-order valence-corrected chi connectivity index (χ4v) is 2.74. The van der Waals surface area contributed by atoms with E-state index in [0.717, 1.165) is 24.0 Å². The first kappa shape index (κ1) is 12.9. The van der Waals surface area contributed by atoms with Crippen LogP contribution in [0.4, 0.5) is 0 Å². The summed E-state index contributed by atoms with van der Waals surface area (Å²) in [4.78, 5) is 12.3. The highest BCUT2D eigenvalue weighted by Crippen LogP contribution is 2.22. The monoisotopic (exact) mass is 269 g/mol. The highest BCUT2D eigenvalue weighted by atomic mass is 16.1. The first-order valence-corrected chi connectivity index (χ1v) is 7.15. The number of amides is 1. The average Bonchev–Trinajstić information content (AvgIpc) is 3.01. The number of fused-ring (bicyclic) bond motifs is 1. The normalized spacial score (nSPS) is 15.4. The smallest absolute Gasteiger partial charge is 0.251 e. The number of carbonyl (C=O) groups is 1. The topological polar surface area (TPSA) is 57.8 Å². The fourth-order valence-electron chi connectivity index (χ4n) is 2.74. The average molecular weight is 269 g/mol. The van der Waals surface area contributed by atoms with Crippen molar-refractivity contribution in [2.24, 2.45) is 0 Å². The first-order chi connectivity index (χ1) is 9.74. The highest BCUT2D eigenvalue weighted by Gasteiger charge is 2.15. The Morgan fingerprint density at radius 2 is 2.10 bits per heavy atom. The standard InChI is InChI=1S/C16H19N3O/c1-11(15-9-17-18-10-15)19-16(20)14-7-6-12-4-2-3-5-13(12)8-14/h6-11H,2-5H2,1H3,(H,17,18)(H,19,20). The molecule has 3 rings (SSSR count). The first-order valence-electron chi connectivity index (χ1n) is 7.15. The minimum absolute atomic E-state index is 0.0212. The van der Waals surface area contributed by atoms with E-state index in [-0.39, 0.29) is 11.9 Å². The Bertz CT molecular complexity index is 604. The highest BCUT2D eigenvalue weighted by molar-refractivity contribution is 5.94. The molecule has 0 aliphatic heterocycles. The molecule has 1 aromatic carbocycles. The van der Waals surface area contributed by atoms with Gasteiger partial charge in [0.25, 0.3) is 5.91 Å². The number of benzene rings is 1. The molecule has 0 saturated heterocycles. The van der Waals surface area contributed by atoms with Gasteiger partial charge in [-0.15, -0.1) is 0 Å². The third kappa shape index (κ3) is 2.59. The molecule has 2 N–H and O–H groups in total. The molecular weight excluding hydrogens is 250 g/mol. The van der Waals surface area contributed by atoms with Crippen molar-refractivity contribution < 1.29 is 4.79 Å². The van der Waals surface area contributed by atoms with Crippen LogP contribution in [0, 0.1) is 0 Å². The lowest BCUT2D eigenvalue weighted by Gasteiger charge is -2.17. The number of aromatic nitrogens is 2. The number of nitrogens with zero attached hydrogens (tertiary/aromatic N) is 1. The zero-order valence-corrected chi connectivity index (χ0v) is 11.6. The van der Waals surface area contributed by atoms with Crippen molar-refractivity contribution in [1.29, 1.82) is 0 Å². The van der Waals surface area contributed by atoms with Crippen LogP contribution < -0.4 is 5.32 Å². The van der Waals surface area contributed by atoms with Crippen LogP contribution >= 0.6 is 0 Å². The molecule has 0 fully saturated rings. The van der Waals surface area contributed by atoms with Crippen LogP contribution in [0.1, 0.15) is 52.9 Å². The SMILES string of the molecule is CC(NC(=O)c1ccc2c(c1)CCCC2)c1cn[nH]c1. The van der Waals surface area contributed by atoms with Gasteiger partial charge < -0.3 is 5.32 Å². The van der Waals surface area contributed by atoms with Crippen LogP contribution in [0.15, 0.2) is 30.6 Å². The van der Waals surface area contributed by atoms with E-state index in [0.29, 0.717) is 0 Å². The number of aromatic amines is 1. The summed E-state index contributed by atoms with van der Waals surface area (Å²) in [5.74, 6) is -0.0212. The Morgan fingerprint density at radius 3 is 2.85 bits per heavy atom. The summed E-state index contributed by atoms with van der Waals surface area (Å²) in [5, 5.41) is 9.67. The molecule has 1 aliphatic carbocycles. The molecular formula is C16H19N3O. The summed E-state index contributed by atoms with van der Waals surface area (Å²) in [5.41, 5.74) is 4.47. The van der Waals surface area contributed by atoms with Crippen LogP contribution in [0.5, 0.6) is 0 Å². The number of aryl methyl sites for hydroxylation is 2. The second-order valence-electron chi connectivity index (χ2n) is 5.42. The summed E-state index contributed by atoms with van der Waals surface area (Å²) in [6, 6.07) is 6.04. The van der Waals surface area contributed by atoms with Crippen molar-refractivity contribution in [2.45, 2.75) is 38.6 Å². The Kier molecular flexibility index (Phi) is 3.54. The van der Waals surface area contributed by atoms with Gasteiger partial charge in [0, 0.05) is 17.3 Å². The minimum Gasteiger partial charge on any atom is -0.345 e. The molecule has 1 atom stereocenters. The molecule has 0 radical (unpaired) electrons. The van der Waals surface area contributed by atoms with E-state index in [4.69, 9.17) is 0 Å². The van der Waals surface area contributed by atoms with Gasteiger partial charge in [-0.05, 0) is 55.9 Å². The van der Waals surface area contributed by atoms with Crippen molar-refractivity contribution in [3.8, 4) is 0 Å². The summed E-state index contributed by atoms with van der Waals surface area (Å²) in [6.45, 7) is 1.96. The zero-order valence-electron chi connectivity index (χ0n) is 11.6. The predicted octanol–water partition coefficient (Wildman–Crippen LogP) is 2.78. The van der Waals surface area contributed by atoms with Gasteiger partial charge in [0.1, 0.15) is 0 Å². The van der Waals surface area contributed by atoms with Crippen molar-refractivity contribution in [3.05, 3.63) is 52.8 Å². The molecule has 104 valence electrons. The van der Waals surface area contributed by atoms with Crippen molar-refractivity contribution >= 4 is 5.91 Å². The Labute approximate surface area is 118 Å². The quantitative estimate of drug-likeness (QED) is 0.900. The van der Waals surface area contributed by atoms with E-state index in [9.17, 15) is 4.79 Å². The van der Waals surface area contributed by atoms with Crippen LogP contribution in [-0.4, -0.2) is 16.1 Å². The van der Waals surface area contributed by atoms with E-state index in [1.165, 1.54) is 24.0 Å². The van der Waals surface area contributed by atoms with Gasteiger partial charge in [0.2, 0.25) is 0 Å². The largest absolute Gasteiger partial charge is 0.345 e. The van der Waals surface area contributed by atoms with E-state index in [1.807, 2.05) is 19.1 Å². The molecule has 20 heavy (non-hydrogen) atoms. The molecule has 1 aliphatic rings. The second-order valence-corrected chi connectivity index (χ2v) is 5.42. The molecule has 1 unspecified atom stereocenters. The maximum Gasteiger partial charge on any atom is 0.251 e. The molecule has 1 aromatic heterocycles. The molecule has 2 aromatic rings. The van der Waals surface area contributed by atoms with Crippen LogP contribution in [0.3, 0.4) is 0 Å². The molecule has 1 heterocycles. The summed E-state index contributed by atoms with van der Waals surface area (Å²) < 4.78 is 0. The lowest BCUT2D eigenvalue weighted by Crippen LogP contribution is -2.26. The van der Waals surface area contributed by atoms with Gasteiger partial charge in [-0.25, -0.2) is 0 Å². The van der Waals surface area contributed by atoms with E-state index >= 15 is 0 Å². The third-order valence-corrected chi connectivity index (χ3v) is 3.98. The summed E-state index contributed by atoms with van der Waals surface area (Å²) in [7, 11) is 0. The van der Waals surface area contributed by atoms with Gasteiger partial charge >= 0.3 is 0 Å². The molecule has 1 amide bonds. The summed E-state index contributed by atoms with van der Waals surface area (Å²) >= 11 is 0. The van der Waals surface area contributed by atoms with Gasteiger partial charge in [-0.2, -0.15) is 5.10 Å². The second kappa shape index (κ2) is 5.49. The van der Waals surface area contributed by atoms with Gasteiger partial charge in [0.15, 0.2) is 0 Å². The number of carbonyl (C=O) groups excluding carboxylic acids is 1. The van der Waals surface area contributed by atoms with E-state index in [2.05, 4.69) is 21.6 Å². The maximum absolute atomic E-state index is 12.3. The molecule has 0 saturated carbocycles. The number of rotatable bonds is 3. The number of H-pyrrole nitrogens is 1. The molecule has 4 nitrogen and oxygen atoms in total. The number of hydrogen-bond acceptors (Lipinski definition) is 2. The van der Waals surface area contributed by atoms with Crippen molar-refractivity contribution in [2.75, 3.05) is 0 Å². The van der Waals surface area contributed by atoms with Crippen molar-refractivity contribution in [1.82, 2.24) is 15.5 Å². The van der Waals surface area contributed by atoms with Crippen LogP contribution in [0.25, 0.3) is 0 Å². The third-order valence-electron chi connectivity index (χ3n) is 3.98. The lowest BCUT2D eigenvalue weighted by molar-refractivity contribution is 0.0940. The van der Waals surface area contributed by atoms with Crippen LogP contribution in [0.2, 0.25) is 0 Å². The number of nitrogens with one attached hydrogen (secondary N) is 2. The number of hydrogen-bond donors (Lipinski definition) is 2. The summed E-state index contributed by atoms with van der Waals surface area (Å²) in [6.07, 6.45) is 8.26. The Morgan fingerprint density at radius 1 is 1.30 bits per heavy atom. The zero-order chi connectivity index (χ0) is 13.9. The minimum atomic E-state index is -0.0442. The van der Waals surface area contributed by atoms with Crippen LogP contribution in [-0.2, 0) is 12.8 Å². The van der Waals surface area contributed by atoms with Gasteiger partial charge in [-0.3, -0.25) is 9.89 Å². The maximum atomic E-state index is 12.3. The Hall–Kier alpha value is -2.10. The fraction of sp³-hybridized carbons (Fsp3) is 0.375. The van der Waals surface area contributed by atoms with E-state index in [1.54, 1.807) is 12.4 Å². The molecule has 0 bridgehead atoms.